The fourth-order valence-corrected chi connectivity index (χ4v) is 3.37. The van der Waals surface area contributed by atoms with Gasteiger partial charge in [-0.05, 0) is 45.1 Å². The first-order valence-electron chi connectivity index (χ1n) is 9.19. The van der Waals surface area contributed by atoms with Crippen LogP contribution in [0.3, 0.4) is 0 Å². The number of piperidine rings is 1. The molecule has 0 radical (unpaired) electrons. The Morgan fingerprint density at radius 1 is 1.33 bits per heavy atom. The third kappa shape index (κ3) is 4.39. The van der Waals surface area contributed by atoms with Gasteiger partial charge in [-0.2, -0.15) is 0 Å². The Bertz CT molecular complexity index is 899. The van der Waals surface area contributed by atoms with Crippen LogP contribution in [-0.2, 0) is 16.1 Å². The second-order valence-electron chi connectivity index (χ2n) is 7.30. The van der Waals surface area contributed by atoms with Gasteiger partial charge >= 0.3 is 5.76 Å². The van der Waals surface area contributed by atoms with Crippen LogP contribution in [0.2, 0.25) is 0 Å². The highest BCUT2D eigenvalue weighted by atomic mass is 16.4. The average Bonchev–Trinajstić information content (AvgIpc) is 2.94. The molecule has 1 unspecified atom stereocenters. The second kappa shape index (κ2) is 7.96. The number of rotatable bonds is 5. The lowest BCUT2D eigenvalue weighted by atomic mass is 9.97. The number of likely N-dealkylation sites (N-methyl/N-ethyl adjacent to an activating group) is 1. The predicted molar refractivity (Wildman–Crippen MR) is 103 cm³/mol. The number of carbonyl (C=O) groups excluding carboxylic acids is 2. The summed E-state index contributed by atoms with van der Waals surface area (Å²) in [6, 6.07) is 5.19. The molecule has 1 fully saturated rings. The zero-order chi connectivity index (χ0) is 19.6. The molecule has 3 rings (SSSR count). The van der Waals surface area contributed by atoms with Gasteiger partial charge in [-0.3, -0.25) is 14.2 Å². The molecule has 1 aromatic heterocycles. The Kier molecular flexibility index (Phi) is 5.65. The molecule has 2 amide bonds. The van der Waals surface area contributed by atoms with Crippen LogP contribution < -0.4 is 11.1 Å². The molecule has 1 saturated heterocycles. The molecule has 146 valence electrons. The zero-order valence-corrected chi connectivity index (χ0v) is 16.0. The SMILES string of the molecule is CC(=O)N1CCCC(C(=O)Nc2ccc3oc(=O)n(CCN(C)C)c3c2)C1. The third-order valence-corrected chi connectivity index (χ3v) is 4.94. The molecule has 1 aliphatic heterocycles. The van der Waals surface area contributed by atoms with Crippen LogP contribution in [0.15, 0.2) is 27.4 Å². The van der Waals surface area contributed by atoms with Gasteiger partial charge in [0, 0.05) is 38.8 Å². The first-order chi connectivity index (χ1) is 12.8. The lowest BCUT2D eigenvalue weighted by molar-refractivity contribution is -0.132. The number of likely N-dealkylation sites (tertiary alicyclic amines) is 1. The fraction of sp³-hybridized carbons (Fsp3) is 0.526. The summed E-state index contributed by atoms with van der Waals surface area (Å²) in [5.41, 5.74) is 1.78. The lowest BCUT2D eigenvalue weighted by Crippen LogP contribution is -2.42. The molecule has 2 heterocycles. The fourth-order valence-electron chi connectivity index (χ4n) is 3.37. The highest BCUT2D eigenvalue weighted by molar-refractivity contribution is 5.94. The molecule has 27 heavy (non-hydrogen) atoms. The van der Waals surface area contributed by atoms with Crippen LogP contribution >= 0.6 is 0 Å². The topological polar surface area (TPSA) is 87.8 Å². The van der Waals surface area contributed by atoms with E-state index in [1.807, 2.05) is 19.0 Å². The standard InChI is InChI=1S/C19H26N4O4/c1-13(24)22-8-4-5-14(12-22)18(25)20-15-6-7-17-16(11-15)23(19(26)27-17)10-9-21(2)3/h6-7,11,14H,4-5,8-10,12H2,1-3H3,(H,20,25). The Morgan fingerprint density at radius 2 is 2.11 bits per heavy atom. The number of hydrogen-bond acceptors (Lipinski definition) is 5. The van der Waals surface area contributed by atoms with Crippen molar-refractivity contribution in [2.45, 2.75) is 26.3 Å². The van der Waals surface area contributed by atoms with Crippen molar-refractivity contribution in [2.75, 3.05) is 39.0 Å². The summed E-state index contributed by atoms with van der Waals surface area (Å²) in [6.07, 6.45) is 1.58. The van der Waals surface area contributed by atoms with Crippen molar-refractivity contribution in [3.8, 4) is 0 Å². The largest absolute Gasteiger partial charge is 0.419 e. The summed E-state index contributed by atoms with van der Waals surface area (Å²) in [6.45, 7) is 3.89. The lowest BCUT2D eigenvalue weighted by Gasteiger charge is -2.31. The van der Waals surface area contributed by atoms with Gasteiger partial charge in [0.15, 0.2) is 5.58 Å². The molecule has 0 saturated carbocycles. The van der Waals surface area contributed by atoms with Crippen LogP contribution in [0.4, 0.5) is 5.69 Å². The molecule has 1 aliphatic rings. The van der Waals surface area contributed by atoms with Crippen LogP contribution in [0, 0.1) is 5.92 Å². The van der Waals surface area contributed by atoms with Gasteiger partial charge in [0.05, 0.1) is 11.4 Å². The number of aromatic nitrogens is 1. The molecule has 1 N–H and O–H groups in total. The maximum absolute atomic E-state index is 12.6. The Labute approximate surface area is 157 Å². The molecule has 2 aromatic rings. The number of carbonyl (C=O) groups is 2. The van der Waals surface area contributed by atoms with Crippen molar-refractivity contribution < 1.29 is 14.0 Å². The number of nitrogens with zero attached hydrogens (tertiary/aromatic N) is 3. The maximum Gasteiger partial charge on any atom is 0.419 e. The Balaban J connectivity index is 1.76. The molecular weight excluding hydrogens is 348 g/mol. The first-order valence-corrected chi connectivity index (χ1v) is 9.19. The first kappa shape index (κ1) is 19.2. The minimum atomic E-state index is -0.403. The highest BCUT2D eigenvalue weighted by Crippen LogP contribution is 2.22. The van der Waals surface area contributed by atoms with E-state index in [2.05, 4.69) is 5.32 Å². The van der Waals surface area contributed by atoms with Gasteiger partial charge in [0.2, 0.25) is 11.8 Å². The summed E-state index contributed by atoms with van der Waals surface area (Å²) in [5, 5.41) is 2.92. The van der Waals surface area contributed by atoms with Crippen LogP contribution in [0.1, 0.15) is 19.8 Å². The second-order valence-corrected chi connectivity index (χ2v) is 7.30. The average molecular weight is 374 g/mol. The number of hydrogen-bond donors (Lipinski definition) is 1. The van der Waals surface area contributed by atoms with Gasteiger partial charge in [0.1, 0.15) is 0 Å². The van der Waals surface area contributed by atoms with E-state index < -0.39 is 5.76 Å². The van der Waals surface area contributed by atoms with Gasteiger partial charge in [-0.15, -0.1) is 0 Å². The number of anilines is 1. The Morgan fingerprint density at radius 3 is 2.81 bits per heavy atom. The summed E-state index contributed by atoms with van der Waals surface area (Å²) < 4.78 is 6.85. The normalized spacial score (nSPS) is 17.5. The molecule has 8 heteroatoms. The van der Waals surface area contributed by atoms with Gasteiger partial charge < -0.3 is 19.5 Å². The van der Waals surface area contributed by atoms with E-state index in [9.17, 15) is 14.4 Å². The smallest absolute Gasteiger partial charge is 0.408 e. The van der Waals surface area contributed by atoms with E-state index in [1.165, 1.54) is 6.92 Å². The van der Waals surface area contributed by atoms with Crippen molar-refractivity contribution in [3.05, 3.63) is 28.7 Å². The minimum Gasteiger partial charge on any atom is -0.408 e. The van der Waals surface area contributed by atoms with E-state index in [0.29, 0.717) is 43.0 Å². The van der Waals surface area contributed by atoms with E-state index in [4.69, 9.17) is 4.42 Å². The number of oxazole rings is 1. The van der Waals surface area contributed by atoms with Crippen LogP contribution in [-0.4, -0.2) is 59.9 Å². The van der Waals surface area contributed by atoms with E-state index in [0.717, 1.165) is 12.8 Å². The summed E-state index contributed by atoms with van der Waals surface area (Å²) >= 11 is 0. The quantitative estimate of drug-likeness (QED) is 0.854. The maximum atomic E-state index is 12.6. The van der Waals surface area contributed by atoms with Gasteiger partial charge in [0.25, 0.3) is 0 Å². The zero-order valence-electron chi connectivity index (χ0n) is 16.0. The van der Waals surface area contributed by atoms with E-state index >= 15 is 0 Å². The predicted octanol–water partition coefficient (Wildman–Crippen LogP) is 1.35. The molecule has 1 atom stereocenters. The molecule has 1 aromatic carbocycles. The number of nitrogens with one attached hydrogen (secondary N) is 1. The third-order valence-electron chi connectivity index (χ3n) is 4.94. The number of fused-ring (bicyclic) bond motifs is 1. The van der Waals surface area contributed by atoms with E-state index in [-0.39, 0.29) is 17.7 Å². The monoisotopic (exact) mass is 374 g/mol. The van der Waals surface area contributed by atoms with Crippen LogP contribution in [0.25, 0.3) is 11.1 Å². The summed E-state index contributed by atoms with van der Waals surface area (Å²) in [7, 11) is 3.88. The van der Waals surface area contributed by atoms with Gasteiger partial charge in [-0.1, -0.05) is 0 Å². The van der Waals surface area contributed by atoms with Crippen molar-refractivity contribution in [3.63, 3.8) is 0 Å². The van der Waals surface area contributed by atoms with Crippen molar-refractivity contribution in [2.24, 2.45) is 5.92 Å². The van der Waals surface area contributed by atoms with Crippen LogP contribution in [0.5, 0.6) is 0 Å². The van der Waals surface area contributed by atoms with Gasteiger partial charge in [-0.25, -0.2) is 4.79 Å². The molecule has 8 nitrogen and oxygen atoms in total. The van der Waals surface area contributed by atoms with Crippen molar-refractivity contribution in [1.82, 2.24) is 14.4 Å². The minimum absolute atomic E-state index is 0.00257. The van der Waals surface area contributed by atoms with E-state index in [1.54, 1.807) is 27.7 Å². The summed E-state index contributed by atoms with van der Waals surface area (Å²) in [5.74, 6) is -0.735. The molecule has 0 aliphatic carbocycles. The molecular formula is C19H26N4O4. The van der Waals surface area contributed by atoms with Crippen molar-refractivity contribution in [1.29, 1.82) is 0 Å². The summed E-state index contributed by atoms with van der Waals surface area (Å²) in [4.78, 5) is 40.0. The Hall–Kier alpha value is -2.61. The number of benzene rings is 1. The highest BCUT2D eigenvalue weighted by Gasteiger charge is 2.27. The molecule has 0 bridgehead atoms. The number of amides is 2. The molecule has 0 spiro atoms. The van der Waals surface area contributed by atoms with Crippen molar-refractivity contribution >= 4 is 28.6 Å².